The fourth-order valence-corrected chi connectivity index (χ4v) is 0.958. The van der Waals surface area contributed by atoms with Crippen LogP contribution < -0.4 is 11.5 Å². The molecule has 0 aromatic rings. The van der Waals surface area contributed by atoms with Crippen molar-refractivity contribution in [2.45, 2.75) is 26.2 Å². The van der Waals surface area contributed by atoms with E-state index in [2.05, 4.69) is 4.74 Å². The first-order valence-electron chi connectivity index (χ1n) is 6.01. The topological polar surface area (TPSA) is 150 Å². The van der Waals surface area contributed by atoms with Gasteiger partial charge in [0.05, 0.1) is 32.5 Å². The minimum Gasteiger partial charge on any atom is -0.481 e. The standard InChI is InChI=1S/2C6H11NO3/c1-4(6(9)10)2-5(8)3-7;1-10-6(9)3-2-5(8)4-7/h4H,2-3,7H2,1H3,(H,9,10);2-4,7H2,1H3. The van der Waals surface area contributed by atoms with E-state index in [1.54, 1.807) is 0 Å². The quantitative estimate of drug-likeness (QED) is 0.486. The molecule has 0 spiro atoms. The van der Waals surface area contributed by atoms with Gasteiger partial charge in [-0.15, -0.1) is 0 Å². The van der Waals surface area contributed by atoms with Gasteiger partial charge in [0.1, 0.15) is 11.6 Å². The molecule has 0 aromatic heterocycles. The van der Waals surface area contributed by atoms with Gasteiger partial charge in [-0.25, -0.2) is 0 Å². The minimum absolute atomic E-state index is 0.00298. The number of rotatable bonds is 8. The van der Waals surface area contributed by atoms with E-state index < -0.39 is 11.9 Å². The molecule has 0 aliphatic heterocycles. The number of carboxylic acid groups (broad SMARTS) is 1. The number of carbonyl (C=O) groups is 4. The Morgan fingerprint density at radius 1 is 1.05 bits per heavy atom. The number of aliphatic carboxylic acids is 1. The summed E-state index contributed by atoms with van der Waals surface area (Å²) in [5.74, 6) is -2.28. The van der Waals surface area contributed by atoms with Crippen molar-refractivity contribution in [1.29, 1.82) is 0 Å². The third kappa shape index (κ3) is 12.7. The number of hydrogen-bond donors (Lipinski definition) is 3. The zero-order valence-corrected chi connectivity index (χ0v) is 11.8. The number of ketones is 2. The lowest BCUT2D eigenvalue weighted by atomic mass is 10.1. The van der Waals surface area contributed by atoms with Gasteiger partial charge in [0.15, 0.2) is 0 Å². The Kier molecular flexibility index (Phi) is 12.6. The van der Waals surface area contributed by atoms with Crippen LogP contribution in [0.4, 0.5) is 0 Å². The highest BCUT2D eigenvalue weighted by molar-refractivity contribution is 5.85. The van der Waals surface area contributed by atoms with Crippen molar-refractivity contribution in [3.05, 3.63) is 0 Å². The Hall–Kier alpha value is -1.80. The normalized spacial score (nSPS) is 10.8. The Balaban J connectivity index is 0. The fraction of sp³-hybridized carbons (Fsp3) is 0.667. The van der Waals surface area contributed by atoms with E-state index in [0.717, 1.165) is 0 Å². The van der Waals surface area contributed by atoms with Crippen LogP contribution in [0.5, 0.6) is 0 Å². The summed E-state index contributed by atoms with van der Waals surface area (Å²) in [7, 11) is 1.29. The summed E-state index contributed by atoms with van der Waals surface area (Å²) in [5, 5.41) is 8.33. The molecule has 1 unspecified atom stereocenters. The number of carbonyl (C=O) groups excluding carboxylic acids is 3. The van der Waals surface area contributed by atoms with Gasteiger partial charge in [-0.1, -0.05) is 6.92 Å². The summed E-state index contributed by atoms with van der Waals surface area (Å²) in [6, 6.07) is 0. The van der Waals surface area contributed by atoms with Crippen LogP contribution in [0.2, 0.25) is 0 Å². The molecule has 0 aliphatic rings. The lowest BCUT2D eigenvalue weighted by molar-refractivity contribution is -0.143. The zero-order valence-electron chi connectivity index (χ0n) is 11.8. The predicted molar refractivity (Wildman–Crippen MR) is 70.8 cm³/mol. The maximum absolute atomic E-state index is 10.5. The van der Waals surface area contributed by atoms with E-state index in [4.69, 9.17) is 16.6 Å². The first-order chi connectivity index (χ1) is 9.28. The van der Waals surface area contributed by atoms with Crippen molar-refractivity contribution >= 4 is 23.5 Å². The highest BCUT2D eigenvalue weighted by atomic mass is 16.5. The third-order valence-electron chi connectivity index (χ3n) is 2.25. The van der Waals surface area contributed by atoms with Crippen molar-refractivity contribution < 1.29 is 29.0 Å². The Morgan fingerprint density at radius 3 is 1.90 bits per heavy atom. The lowest BCUT2D eigenvalue weighted by Gasteiger charge is -2.01. The van der Waals surface area contributed by atoms with Gasteiger partial charge >= 0.3 is 11.9 Å². The molecule has 0 aliphatic carbocycles. The molecule has 0 rings (SSSR count). The Morgan fingerprint density at radius 2 is 1.55 bits per heavy atom. The van der Waals surface area contributed by atoms with E-state index in [0.29, 0.717) is 0 Å². The van der Waals surface area contributed by atoms with Gasteiger partial charge in [-0.3, -0.25) is 19.2 Å². The smallest absolute Gasteiger partial charge is 0.306 e. The molecule has 20 heavy (non-hydrogen) atoms. The summed E-state index contributed by atoms with van der Waals surface area (Å²) in [4.78, 5) is 41.6. The molecule has 116 valence electrons. The molecular formula is C12H22N2O6. The summed E-state index contributed by atoms with van der Waals surface area (Å²) < 4.78 is 4.31. The number of methoxy groups -OCH3 is 1. The SMILES string of the molecule is CC(CC(=O)CN)C(=O)O.COC(=O)CCC(=O)CN. The predicted octanol–water partition coefficient (Wildman–Crippen LogP) is -0.908. The van der Waals surface area contributed by atoms with Crippen LogP contribution in [0, 0.1) is 5.92 Å². The van der Waals surface area contributed by atoms with Crippen LogP contribution in [-0.2, 0) is 23.9 Å². The number of nitrogens with two attached hydrogens (primary N) is 2. The maximum atomic E-state index is 10.5. The molecule has 0 saturated heterocycles. The molecule has 8 nitrogen and oxygen atoms in total. The Labute approximate surface area is 117 Å². The van der Waals surface area contributed by atoms with Gasteiger partial charge in [0.2, 0.25) is 0 Å². The average molecular weight is 290 g/mol. The summed E-state index contributed by atoms with van der Waals surface area (Å²) >= 11 is 0. The monoisotopic (exact) mass is 290 g/mol. The number of Topliss-reactive ketones (excluding diaryl/α,β-unsaturated/α-hetero) is 2. The highest BCUT2D eigenvalue weighted by Crippen LogP contribution is 2.00. The third-order valence-corrected chi connectivity index (χ3v) is 2.25. The van der Waals surface area contributed by atoms with Gasteiger partial charge in [0, 0.05) is 12.8 Å². The molecule has 1 atom stereocenters. The summed E-state index contributed by atoms with van der Waals surface area (Å²) in [6.07, 6.45) is 0.349. The van der Waals surface area contributed by atoms with E-state index in [-0.39, 0.29) is 49.9 Å². The molecule has 0 bridgehead atoms. The van der Waals surface area contributed by atoms with Crippen molar-refractivity contribution in [2.75, 3.05) is 20.2 Å². The number of hydrogen-bond acceptors (Lipinski definition) is 7. The Bertz CT molecular complexity index is 324. The molecule has 0 aromatic carbocycles. The molecule has 8 heteroatoms. The summed E-state index contributed by atoms with van der Waals surface area (Å²) in [5.41, 5.74) is 9.98. The van der Waals surface area contributed by atoms with Crippen LogP contribution in [0.15, 0.2) is 0 Å². The first-order valence-corrected chi connectivity index (χ1v) is 6.01. The van der Waals surface area contributed by atoms with Gasteiger partial charge in [-0.05, 0) is 0 Å². The fourth-order valence-electron chi connectivity index (χ4n) is 0.958. The lowest BCUT2D eigenvalue weighted by Crippen LogP contribution is -2.20. The van der Waals surface area contributed by atoms with Crippen molar-refractivity contribution in [2.24, 2.45) is 17.4 Å². The molecule has 5 N–H and O–H groups in total. The van der Waals surface area contributed by atoms with Gasteiger partial charge in [-0.2, -0.15) is 0 Å². The number of carboxylic acids is 1. The maximum Gasteiger partial charge on any atom is 0.306 e. The molecule has 0 saturated carbocycles. The number of esters is 1. The second-order valence-corrected chi connectivity index (χ2v) is 4.01. The van der Waals surface area contributed by atoms with Crippen molar-refractivity contribution in [3.8, 4) is 0 Å². The second-order valence-electron chi connectivity index (χ2n) is 4.01. The molecule has 0 fully saturated rings. The van der Waals surface area contributed by atoms with E-state index in [1.807, 2.05) is 0 Å². The van der Waals surface area contributed by atoms with Gasteiger partial charge in [0.25, 0.3) is 0 Å². The van der Waals surface area contributed by atoms with Crippen LogP contribution in [0.25, 0.3) is 0 Å². The van der Waals surface area contributed by atoms with Crippen LogP contribution in [-0.4, -0.2) is 48.8 Å². The zero-order chi connectivity index (χ0) is 16.1. The molecule has 0 amide bonds. The molecular weight excluding hydrogens is 268 g/mol. The van der Waals surface area contributed by atoms with Crippen LogP contribution in [0.3, 0.4) is 0 Å². The highest BCUT2D eigenvalue weighted by Gasteiger charge is 2.13. The van der Waals surface area contributed by atoms with Crippen LogP contribution in [0.1, 0.15) is 26.2 Å². The van der Waals surface area contributed by atoms with Crippen molar-refractivity contribution in [1.82, 2.24) is 0 Å². The van der Waals surface area contributed by atoms with E-state index in [9.17, 15) is 19.2 Å². The van der Waals surface area contributed by atoms with Gasteiger partial charge < -0.3 is 21.3 Å². The number of ether oxygens (including phenoxy) is 1. The van der Waals surface area contributed by atoms with E-state index >= 15 is 0 Å². The van der Waals surface area contributed by atoms with E-state index in [1.165, 1.54) is 14.0 Å². The molecule has 0 radical (unpaired) electrons. The van der Waals surface area contributed by atoms with Crippen LogP contribution >= 0.6 is 0 Å². The van der Waals surface area contributed by atoms with Crippen molar-refractivity contribution in [3.63, 3.8) is 0 Å². The summed E-state index contributed by atoms with van der Waals surface area (Å²) in [6.45, 7) is 1.41. The minimum atomic E-state index is -0.957. The largest absolute Gasteiger partial charge is 0.481 e. The second kappa shape index (κ2) is 12.2. The average Bonchev–Trinajstić information content (AvgIpc) is 2.44. The first kappa shape index (κ1) is 20.5. The molecule has 0 heterocycles.